The minimum absolute atomic E-state index is 0.00828. The molecule has 1 fully saturated rings. The Morgan fingerprint density at radius 2 is 2.00 bits per heavy atom. The van der Waals surface area contributed by atoms with Gasteiger partial charge >= 0.3 is 0 Å². The Balaban J connectivity index is 1.68. The van der Waals surface area contributed by atoms with Crippen LogP contribution in [0.1, 0.15) is 23.0 Å². The smallest absolute Gasteiger partial charge is 0.265 e. The number of nitrogens with zero attached hydrogens (tertiary/aromatic N) is 2. The molecule has 2 aromatic rings. The van der Waals surface area contributed by atoms with Gasteiger partial charge in [-0.1, -0.05) is 29.8 Å². The Kier molecular flexibility index (Phi) is 5.93. The van der Waals surface area contributed by atoms with Gasteiger partial charge in [0.25, 0.3) is 5.91 Å². The van der Waals surface area contributed by atoms with E-state index < -0.39 is 0 Å². The van der Waals surface area contributed by atoms with Gasteiger partial charge in [0, 0.05) is 42.8 Å². The maximum Gasteiger partial charge on any atom is 0.265 e. The van der Waals surface area contributed by atoms with Crippen molar-refractivity contribution in [2.45, 2.75) is 13.3 Å². The molecule has 2 heterocycles. The number of carbonyl (C=O) groups excluding carboxylic acids is 2. The van der Waals surface area contributed by atoms with Crippen LogP contribution < -0.4 is 5.32 Å². The lowest BCUT2D eigenvalue weighted by molar-refractivity contribution is -0.122. The molecule has 0 aliphatic carbocycles. The third kappa shape index (κ3) is 4.14. The summed E-state index contributed by atoms with van der Waals surface area (Å²) in [4.78, 5) is 29.3. The molecule has 0 radical (unpaired) electrons. The average Bonchev–Trinajstić information content (AvgIpc) is 2.78. The van der Waals surface area contributed by atoms with E-state index in [1.54, 1.807) is 0 Å². The molecular formula is C18H22ClN3O2S. The first-order valence-corrected chi connectivity index (χ1v) is 9.75. The van der Waals surface area contributed by atoms with E-state index in [1.165, 1.54) is 11.3 Å². The Bertz CT molecular complexity index is 777. The van der Waals surface area contributed by atoms with Crippen molar-refractivity contribution in [1.82, 2.24) is 15.1 Å². The van der Waals surface area contributed by atoms with E-state index in [-0.39, 0.29) is 11.8 Å². The van der Waals surface area contributed by atoms with E-state index >= 15 is 0 Å². The Hall–Kier alpha value is -1.63. The number of thiophene rings is 1. The van der Waals surface area contributed by atoms with Gasteiger partial charge in [-0.25, -0.2) is 0 Å². The van der Waals surface area contributed by atoms with Crippen LogP contribution in [0.5, 0.6) is 0 Å². The predicted octanol–water partition coefficient (Wildman–Crippen LogP) is 2.84. The SMILES string of the molecule is CCNC(=O)CN1CCCN(C(=O)c2sc3ccccc3c2Cl)CC1. The number of halogens is 1. The average molecular weight is 380 g/mol. The number of hydrogen-bond donors (Lipinski definition) is 1. The van der Waals surface area contributed by atoms with Gasteiger partial charge in [-0.05, 0) is 19.4 Å². The highest BCUT2D eigenvalue weighted by atomic mass is 35.5. The molecule has 0 bridgehead atoms. The molecule has 0 saturated carbocycles. The molecule has 0 spiro atoms. The summed E-state index contributed by atoms with van der Waals surface area (Å²) in [5.74, 6) is 0.0286. The maximum atomic E-state index is 12.9. The van der Waals surface area contributed by atoms with Crippen molar-refractivity contribution >= 4 is 44.8 Å². The molecule has 7 heteroatoms. The number of hydrogen-bond acceptors (Lipinski definition) is 4. The topological polar surface area (TPSA) is 52.7 Å². The van der Waals surface area contributed by atoms with Gasteiger partial charge in [0.15, 0.2) is 0 Å². The van der Waals surface area contributed by atoms with Crippen molar-refractivity contribution in [3.63, 3.8) is 0 Å². The van der Waals surface area contributed by atoms with Crippen molar-refractivity contribution in [1.29, 1.82) is 0 Å². The van der Waals surface area contributed by atoms with Crippen molar-refractivity contribution in [2.24, 2.45) is 0 Å². The number of nitrogens with one attached hydrogen (secondary N) is 1. The minimum Gasteiger partial charge on any atom is -0.355 e. The first kappa shape index (κ1) is 18.2. The fourth-order valence-corrected chi connectivity index (χ4v) is 4.56. The van der Waals surface area contributed by atoms with Crippen molar-refractivity contribution in [3.8, 4) is 0 Å². The summed E-state index contributed by atoms with van der Waals surface area (Å²) in [6.07, 6.45) is 0.855. The number of carbonyl (C=O) groups is 2. The van der Waals surface area contributed by atoms with Crippen LogP contribution >= 0.6 is 22.9 Å². The van der Waals surface area contributed by atoms with Crippen LogP contribution in [0.25, 0.3) is 10.1 Å². The van der Waals surface area contributed by atoms with Crippen LogP contribution in [0.2, 0.25) is 5.02 Å². The summed E-state index contributed by atoms with van der Waals surface area (Å²) in [6, 6.07) is 7.82. The molecule has 1 aliphatic heterocycles. The molecule has 1 N–H and O–H groups in total. The lowest BCUT2D eigenvalue weighted by atomic mass is 10.2. The zero-order chi connectivity index (χ0) is 17.8. The van der Waals surface area contributed by atoms with E-state index in [9.17, 15) is 9.59 Å². The van der Waals surface area contributed by atoms with Gasteiger partial charge in [-0.3, -0.25) is 14.5 Å². The van der Waals surface area contributed by atoms with Crippen LogP contribution in [0.15, 0.2) is 24.3 Å². The summed E-state index contributed by atoms with van der Waals surface area (Å²) >= 11 is 7.89. The second-order valence-electron chi connectivity index (χ2n) is 6.12. The van der Waals surface area contributed by atoms with Crippen LogP contribution in [0.3, 0.4) is 0 Å². The minimum atomic E-state index is -0.00828. The highest BCUT2D eigenvalue weighted by Crippen LogP contribution is 2.35. The van der Waals surface area contributed by atoms with E-state index in [2.05, 4.69) is 10.2 Å². The number of rotatable bonds is 4. The van der Waals surface area contributed by atoms with Crippen LogP contribution in [-0.4, -0.2) is 60.9 Å². The fourth-order valence-electron chi connectivity index (χ4n) is 3.08. The van der Waals surface area contributed by atoms with Crippen molar-refractivity contribution < 1.29 is 9.59 Å². The lowest BCUT2D eigenvalue weighted by Crippen LogP contribution is -2.39. The fraction of sp³-hybridized carbons (Fsp3) is 0.444. The van der Waals surface area contributed by atoms with Gasteiger partial charge < -0.3 is 10.2 Å². The molecule has 134 valence electrons. The van der Waals surface area contributed by atoms with Gasteiger partial charge in [-0.2, -0.15) is 0 Å². The normalized spacial score (nSPS) is 16.0. The largest absolute Gasteiger partial charge is 0.355 e. The highest BCUT2D eigenvalue weighted by Gasteiger charge is 2.25. The molecule has 1 saturated heterocycles. The standard InChI is InChI=1S/C18H22ClN3O2S/c1-2-20-15(23)12-21-8-5-9-22(11-10-21)18(24)17-16(19)13-6-3-4-7-14(13)25-17/h3-4,6-7H,2,5,8-12H2,1H3,(H,20,23). The maximum absolute atomic E-state index is 12.9. The first-order chi connectivity index (χ1) is 12.1. The van der Waals surface area contributed by atoms with Gasteiger partial charge in [0.1, 0.15) is 4.88 Å². The molecule has 1 aromatic heterocycles. The quantitative estimate of drug-likeness (QED) is 0.888. The van der Waals surface area contributed by atoms with Crippen molar-refractivity contribution in [3.05, 3.63) is 34.2 Å². The lowest BCUT2D eigenvalue weighted by Gasteiger charge is -2.21. The molecular weight excluding hydrogens is 358 g/mol. The predicted molar refractivity (Wildman–Crippen MR) is 102 cm³/mol. The Labute approximate surface area is 156 Å². The van der Waals surface area contributed by atoms with E-state index in [0.29, 0.717) is 42.6 Å². The number of likely N-dealkylation sites (N-methyl/N-ethyl adjacent to an activating group) is 1. The Morgan fingerprint density at radius 3 is 2.76 bits per heavy atom. The number of amides is 2. The molecule has 3 rings (SSSR count). The van der Waals surface area contributed by atoms with Gasteiger partial charge in [0.2, 0.25) is 5.91 Å². The number of fused-ring (bicyclic) bond motifs is 1. The zero-order valence-electron chi connectivity index (χ0n) is 14.3. The molecule has 5 nitrogen and oxygen atoms in total. The summed E-state index contributed by atoms with van der Waals surface area (Å²) in [6.45, 7) is 5.77. The van der Waals surface area contributed by atoms with E-state index in [4.69, 9.17) is 11.6 Å². The molecule has 0 atom stereocenters. The Morgan fingerprint density at radius 1 is 1.20 bits per heavy atom. The summed E-state index contributed by atoms with van der Waals surface area (Å²) in [5, 5.41) is 4.30. The third-order valence-corrected chi connectivity index (χ3v) is 6.01. The van der Waals surface area contributed by atoms with Gasteiger partial charge in [0.05, 0.1) is 11.6 Å². The van der Waals surface area contributed by atoms with E-state index in [0.717, 1.165) is 23.1 Å². The summed E-state index contributed by atoms with van der Waals surface area (Å²) in [7, 11) is 0. The molecule has 2 amide bonds. The first-order valence-electron chi connectivity index (χ1n) is 8.55. The van der Waals surface area contributed by atoms with Crippen LogP contribution in [0, 0.1) is 0 Å². The molecule has 1 aromatic carbocycles. The summed E-state index contributed by atoms with van der Waals surface area (Å²) < 4.78 is 1.03. The molecule has 0 unspecified atom stereocenters. The number of benzene rings is 1. The monoisotopic (exact) mass is 379 g/mol. The van der Waals surface area contributed by atoms with Crippen molar-refractivity contribution in [2.75, 3.05) is 39.3 Å². The summed E-state index contributed by atoms with van der Waals surface area (Å²) in [5.41, 5.74) is 0. The highest BCUT2D eigenvalue weighted by molar-refractivity contribution is 7.21. The second-order valence-corrected chi connectivity index (χ2v) is 7.55. The van der Waals surface area contributed by atoms with Gasteiger partial charge in [-0.15, -0.1) is 11.3 Å². The third-order valence-electron chi connectivity index (χ3n) is 4.35. The molecule has 25 heavy (non-hydrogen) atoms. The second kappa shape index (κ2) is 8.17. The van der Waals surface area contributed by atoms with E-state index in [1.807, 2.05) is 36.1 Å². The molecule has 1 aliphatic rings. The zero-order valence-corrected chi connectivity index (χ0v) is 15.8. The van der Waals surface area contributed by atoms with Crippen LogP contribution in [-0.2, 0) is 4.79 Å². The van der Waals surface area contributed by atoms with Crippen LogP contribution in [0.4, 0.5) is 0 Å².